The molecule has 0 saturated carbocycles. The average molecular weight is 407 g/mol. The Bertz CT molecular complexity index is 918. The molecule has 0 fully saturated rings. The molecule has 28 heavy (non-hydrogen) atoms. The summed E-state index contributed by atoms with van der Waals surface area (Å²) in [6.45, 7) is 7.84. The molecule has 7 heteroatoms. The Morgan fingerprint density at radius 3 is 2.07 bits per heavy atom. The van der Waals surface area contributed by atoms with Gasteiger partial charge in [-0.2, -0.15) is 0 Å². The van der Waals surface area contributed by atoms with Gasteiger partial charge >= 0.3 is 0 Å². The van der Waals surface area contributed by atoms with E-state index in [1.54, 1.807) is 0 Å². The summed E-state index contributed by atoms with van der Waals surface area (Å²) in [7, 11) is -3.70. The second-order valence-corrected chi connectivity index (χ2v) is 9.81. The van der Waals surface area contributed by atoms with Gasteiger partial charge in [-0.25, -0.2) is 12.8 Å². The van der Waals surface area contributed by atoms with E-state index in [0.717, 1.165) is 28.3 Å². The number of anilines is 1. The normalized spacial score (nSPS) is 13.1. The maximum absolute atomic E-state index is 13.1. The minimum atomic E-state index is -3.70. The van der Waals surface area contributed by atoms with E-state index in [2.05, 4.69) is 26.1 Å². The first-order valence-corrected chi connectivity index (χ1v) is 10.9. The van der Waals surface area contributed by atoms with Crippen LogP contribution in [-0.4, -0.2) is 27.1 Å². The van der Waals surface area contributed by atoms with Crippen molar-refractivity contribution in [3.05, 3.63) is 65.5 Å². The van der Waals surface area contributed by atoms with Crippen LogP contribution in [0.25, 0.3) is 0 Å². The summed E-state index contributed by atoms with van der Waals surface area (Å²) >= 11 is 0. The van der Waals surface area contributed by atoms with E-state index in [-0.39, 0.29) is 23.7 Å². The van der Waals surface area contributed by atoms with Crippen molar-refractivity contribution in [3.8, 4) is 0 Å². The lowest BCUT2D eigenvalue weighted by molar-refractivity contribution is -0.120. The summed E-state index contributed by atoms with van der Waals surface area (Å²) in [6, 6.07) is 12.7. The molecule has 0 aliphatic heterocycles. The van der Waals surface area contributed by atoms with E-state index in [9.17, 15) is 17.6 Å². The predicted octanol–water partition coefficient (Wildman–Crippen LogP) is 3.77. The van der Waals surface area contributed by atoms with Gasteiger partial charge in [-0.15, -0.1) is 0 Å². The van der Waals surface area contributed by atoms with Gasteiger partial charge in [0, 0.05) is 0 Å². The van der Waals surface area contributed by atoms with E-state index in [0.29, 0.717) is 0 Å². The first kappa shape index (κ1) is 21.9. The number of sulfonamides is 1. The molecule has 0 aromatic heterocycles. The molecular weight excluding hydrogens is 379 g/mol. The van der Waals surface area contributed by atoms with Crippen molar-refractivity contribution in [2.75, 3.05) is 17.1 Å². The number of benzene rings is 2. The van der Waals surface area contributed by atoms with Crippen LogP contribution in [0.4, 0.5) is 10.1 Å². The van der Waals surface area contributed by atoms with E-state index in [1.165, 1.54) is 17.7 Å². The van der Waals surface area contributed by atoms with Gasteiger partial charge in [-0.3, -0.25) is 9.10 Å². The van der Waals surface area contributed by atoms with Gasteiger partial charge < -0.3 is 5.32 Å². The van der Waals surface area contributed by atoms with E-state index in [4.69, 9.17) is 0 Å². The Kier molecular flexibility index (Phi) is 6.49. The zero-order valence-corrected chi connectivity index (χ0v) is 17.7. The third-order valence-electron chi connectivity index (χ3n) is 4.46. The van der Waals surface area contributed by atoms with Crippen LogP contribution in [0.1, 0.15) is 44.9 Å². The number of rotatable bonds is 6. The smallest absolute Gasteiger partial charge is 0.241 e. The van der Waals surface area contributed by atoms with Crippen LogP contribution in [-0.2, 0) is 20.2 Å². The summed E-state index contributed by atoms with van der Waals surface area (Å²) in [5.41, 5.74) is 2.39. The van der Waals surface area contributed by atoms with Crippen LogP contribution in [0.3, 0.4) is 0 Å². The Morgan fingerprint density at radius 2 is 1.61 bits per heavy atom. The van der Waals surface area contributed by atoms with Crippen molar-refractivity contribution < 1.29 is 17.6 Å². The molecule has 1 amide bonds. The topological polar surface area (TPSA) is 66.5 Å². The summed E-state index contributed by atoms with van der Waals surface area (Å²) in [5.74, 6) is -0.920. The largest absolute Gasteiger partial charge is 0.348 e. The molecule has 0 bridgehead atoms. The van der Waals surface area contributed by atoms with Gasteiger partial charge in [0.25, 0.3) is 0 Å². The van der Waals surface area contributed by atoms with Crippen LogP contribution in [0.5, 0.6) is 0 Å². The highest BCUT2D eigenvalue weighted by molar-refractivity contribution is 7.92. The molecule has 152 valence electrons. The fourth-order valence-corrected chi connectivity index (χ4v) is 3.64. The molecule has 1 atom stereocenters. The first-order chi connectivity index (χ1) is 12.9. The second-order valence-electron chi connectivity index (χ2n) is 7.91. The molecule has 5 nitrogen and oxygen atoms in total. The van der Waals surface area contributed by atoms with Gasteiger partial charge in [0.2, 0.25) is 15.9 Å². The minimum absolute atomic E-state index is 0.0379. The molecule has 0 radical (unpaired) electrons. The minimum Gasteiger partial charge on any atom is -0.348 e. The third-order valence-corrected chi connectivity index (χ3v) is 5.60. The standard InChI is InChI=1S/C21H27FN2O3S/c1-15(16-6-8-17(9-7-16)21(2,3)4)23-20(25)14-24(28(5,26)27)19-12-10-18(22)11-13-19/h6-13,15H,14H2,1-5H3,(H,23,25). The van der Waals surface area contributed by atoms with Gasteiger partial charge in [0.15, 0.2) is 0 Å². The van der Waals surface area contributed by atoms with E-state index < -0.39 is 21.7 Å². The number of nitrogens with one attached hydrogen (secondary N) is 1. The molecule has 2 aromatic rings. The third kappa shape index (κ3) is 5.79. The Hall–Kier alpha value is -2.41. The lowest BCUT2D eigenvalue weighted by Gasteiger charge is -2.24. The van der Waals surface area contributed by atoms with Gasteiger partial charge in [0.05, 0.1) is 18.0 Å². The maximum atomic E-state index is 13.1. The van der Waals surface area contributed by atoms with Crippen LogP contribution in [0, 0.1) is 5.82 Å². The quantitative estimate of drug-likeness (QED) is 0.794. The number of halogens is 1. The van der Waals surface area contributed by atoms with E-state index >= 15 is 0 Å². The second kappa shape index (κ2) is 8.31. The summed E-state index contributed by atoms with van der Waals surface area (Å²) in [6.07, 6.45) is 1.01. The molecule has 0 saturated heterocycles. The lowest BCUT2D eigenvalue weighted by Crippen LogP contribution is -2.41. The van der Waals surface area contributed by atoms with Crippen LogP contribution in [0.15, 0.2) is 48.5 Å². The maximum Gasteiger partial charge on any atom is 0.241 e. The number of amides is 1. The number of hydrogen-bond donors (Lipinski definition) is 1. The molecule has 0 aliphatic rings. The highest BCUT2D eigenvalue weighted by Crippen LogP contribution is 2.24. The average Bonchev–Trinajstić information content (AvgIpc) is 2.59. The molecular formula is C21H27FN2O3S. The molecule has 1 N–H and O–H groups in total. The van der Waals surface area contributed by atoms with Crippen molar-refractivity contribution >= 4 is 21.6 Å². The molecule has 0 aliphatic carbocycles. The molecule has 0 spiro atoms. The zero-order valence-electron chi connectivity index (χ0n) is 16.9. The summed E-state index contributed by atoms with van der Waals surface area (Å²) in [4.78, 5) is 12.5. The van der Waals surface area contributed by atoms with Crippen molar-refractivity contribution in [1.29, 1.82) is 0 Å². The molecule has 2 aromatic carbocycles. The van der Waals surface area contributed by atoms with Crippen molar-refractivity contribution in [3.63, 3.8) is 0 Å². The fraction of sp³-hybridized carbons (Fsp3) is 0.381. The fourth-order valence-electron chi connectivity index (χ4n) is 2.78. The van der Waals surface area contributed by atoms with Crippen LogP contribution >= 0.6 is 0 Å². The van der Waals surface area contributed by atoms with Crippen molar-refractivity contribution in [2.45, 2.75) is 39.2 Å². The zero-order chi connectivity index (χ0) is 21.1. The molecule has 2 rings (SSSR count). The van der Waals surface area contributed by atoms with E-state index in [1.807, 2.05) is 31.2 Å². The highest BCUT2D eigenvalue weighted by atomic mass is 32.2. The first-order valence-electron chi connectivity index (χ1n) is 9.01. The summed E-state index contributed by atoms with van der Waals surface area (Å²) < 4.78 is 38.3. The van der Waals surface area contributed by atoms with Gasteiger partial charge in [-0.1, -0.05) is 45.0 Å². The number of carbonyl (C=O) groups excluding carboxylic acids is 1. The summed E-state index contributed by atoms with van der Waals surface area (Å²) in [5, 5.41) is 2.82. The monoisotopic (exact) mass is 406 g/mol. The highest BCUT2D eigenvalue weighted by Gasteiger charge is 2.22. The number of nitrogens with zero attached hydrogens (tertiary/aromatic N) is 1. The van der Waals surface area contributed by atoms with Gasteiger partial charge in [-0.05, 0) is 47.7 Å². The molecule has 0 heterocycles. The van der Waals surface area contributed by atoms with Gasteiger partial charge in [0.1, 0.15) is 12.4 Å². The Balaban J connectivity index is 2.11. The molecule has 1 unspecified atom stereocenters. The predicted molar refractivity (Wildman–Crippen MR) is 110 cm³/mol. The lowest BCUT2D eigenvalue weighted by atomic mass is 9.86. The van der Waals surface area contributed by atoms with Crippen molar-refractivity contribution in [1.82, 2.24) is 5.32 Å². The number of carbonyl (C=O) groups is 1. The van der Waals surface area contributed by atoms with Crippen molar-refractivity contribution in [2.24, 2.45) is 0 Å². The van der Waals surface area contributed by atoms with Crippen LogP contribution in [0.2, 0.25) is 0 Å². The Labute approximate surface area is 166 Å². The van der Waals surface area contributed by atoms with Crippen LogP contribution < -0.4 is 9.62 Å². The Morgan fingerprint density at radius 1 is 1.07 bits per heavy atom. The number of hydrogen-bond acceptors (Lipinski definition) is 3. The SMILES string of the molecule is CC(NC(=O)CN(c1ccc(F)cc1)S(C)(=O)=O)c1ccc(C(C)(C)C)cc1.